The van der Waals surface area contributed by atoms with Crippen molar-refractivity contribution in [1.82, 2.24) is 15.1 Å². The molecule has 0 aliphatic rings. The molecule has 0 radical (unpaired) electrons. The molecule has 19 heavy (non-hydrogen) atoms. The lowest BCUT2D eigenvalue weighted by Crippen LogP contribution is -2.17. The molecular formula is C13H18N4OS. The maximum Gasteiger partial charge on any atom is 0.205 e. The van der Waals surface area contributed by atoms with Gasteiger partial charge in [-0.15, -0.1) is 10.2 Å². The fourth-order valence-corrected chi connectivity index (χ4v) is 2.56. The highest BCUT2D eigenvalue weighted by atomic mass is 32.1. The maximum absolute atomic E-state index is 5.23. The molecule has 6 heteroatoms. The number of hydrogen-bond acceptors (Lipinski definition) is 6. The Morgan fingerprint density at radius 2 is 2.16 bits per heavy atom. The van der Waals surface area contributed by atoms with Gasteiger partial charge in [-0.1, -0.05) is 23.5 Å². The number of nitrogens with zero attached hydrogens (tertiary/aromatic N) is 3. The van der Waals surface area contributed by atoms with Gasteiger partial charge in [0.15, 0.2) is 0 Å². The summed E-state index contributed by atoms with van der Waals surface area (Å²) in [4.78, 5) is 2.20. The molecule has 0 bridgehead atoms. The highest BCUT2D eigenvalue weighted by molar-refractivity contribution is 7.15. The van der Waals surface area contributed by atoms with E-state index >= 15 is 0 Å². The third-order valence-electron chi connectivity index (χ3n) is 2.67. The number of ether oxygens (including phenoxy) is 1. The van der Waals surface area contributed by atoms with E-state index in [1.807, 2.05) is 19.2 Å². The van der Waals surface area contributed by atoms with E-state index < -0.39 is 0 Å². The lowest BCUT2D eigenvalue weighted by atomic mass is 10.2. The summed E-state index contributed by atoms with van der Waals surface area (Å²) in [5, 5.41) is 13.0. The monoisotopic (exact) mass is 278 g/mol. The zero-order valence-corrected chi connectivity index (χ0v) is 12.2. The summed E-state index contributed by atoms with van der Waals surface area (Å²) in [6, 6.07) is 8.10. The van der Waals surface area contributed by atoms with Crippen molar-refractivity contribution in [1.29, 1.82) is 0 Å². The number of aromatic nitrogens is 2. The van der Waals surface area contributed by atoms with Crippen LogP contribution in [0.4, 0.5) is 5.13 Å². The first-order valence-corrected chi connectivity index (χ1v) is 6.84. The minimum absolute atomic E-state index is 0.788. The summed E-state index contributed by atoms with van der Waals surface area (Å²) in [5.74, 6) is 0.888. The maximum atomic E-state index is 5.23. The van der Waals surface area contributed by atoms with Crippen LogP contribution in [-0.2, 0) is 13.1 Å². The SMILES string of the molecule is CNc1nnc(CN(C)Cc2cccc(OC)c2)s1. The van der Waals surface area contributed by atoms with Crippen molar-refractivity contribution in [3.63, 3.8) is 0 Å². The smallest absolute Gasteiger partial charge is 0.205 e. The summed E-state index contributed by atoms with van der Waals surface area (Å²) in [5.41, 5.74) is 1.22. The van der Waals surface area contributed by atoms with Crippen LogP contribution in [0.1, 0.15) is 10.6 Å². The van der Waals surface area contributed by atoms with Crippen molar-refractivity contribution in [2.45, 2.75) is 13.1 Å². The highest BCUT2D eigenvalue weighted by Gasteiger charge is 2.07. The Kier molecular flexibility index (Phi) is 4.70. The Balaban J connectivity index is 1.94. The zero-order valence-electron chi connectivity index (χ0n) is 11.4. The molecule has 2 aromatic rings. The van der Waals surface area contributed by atoms with Gasteiger partial charge < -0.3 is 10.1 Å². The summed E-state index contributed by atoms with van der Waals surface area (Å²) >= 11 is 1.58. The first-order valence-electron chi connectivity index (χ1n) is 6.03. The Hall–Kier alpha value is -1.66. The third-order valence-corrected chi connectivity index (χ3v) is 3.60. The lowest BCUT2D eigenvalue weighted by Gasteiger charge is -2.15. The Morgan fingerprint density at radius 1 is 1.32 bits per heavy atom. The Morgan fingerprint density at radius 3 is 2.84 bits per heavy atom. The molecule has 0 saturated heterocycles. The fraction of sp³-hybridized carbons (Fsp3) is 0.385. The summed E-state index contributed by atoms with van der Waals surface area (Å²) in [6.45, 7) is 1.64. The number of hydrogen-bond donors (Lipinski definition) is 1. The van der Waals surface area contributed by atoms with Crippen LogP contribution in [0.3, 0.4) is 0 Å². The average molecular weight is 278 g/mol. The molecule has 0 spiro atoms. The molecule has 0 saturated carbocycles. The van der Waals surface area contributed by atoms with E-state index in [0.717, 1.165) is 29.0 Å². The third kappa shape index (κ3) is 3.90. The van der Waals surface area contributed by atoms with Crippen LogP contribution in [0.25, 0.3) is 0 Å². The minimum Gasteiger partial charge on any atom is -0.497 e. The largest absolute Gasteiger partial charge is 0.497 e. The minimum atomic E-state index is 0.788. The van der Waals surface area contributed by atoms with Gasteiger partial charge in [0.25, 0.3) is 0 Å². The van der Waals surface area contributed by atoms with Gasteiger partial charge in [0.05, 0.1) is 13.7 Å². The highest BCUT2D eigenvalue weighted by Crippen LogP contribution is 2.18. The molecular weight excluding hydrogens is 260 g/mol. The van der Waals surface area contributed by atoms with E-state index in [1.165, 1.54) is 5.56 Å². The van der Waals surface area contributed by atoms with Crippen molar-refractivity contribution in [3.05, 3.63) is 34.8 Å². The molecule has 0 fully saturated rings. The number of rotatable bonds is 6. The van der Waals surface area contributed by atoms with Crippen LogP contribution in [0, 0.1) is 0 Å². The van der Waals surface area contributed by atoms with Gasteiger partial charge >= 0.3 is 0 Å². The molecule has 1 aromatic heterocycles. The molecule has 0 aliphatic heterocycles. The van der Waals surface area contributed by atoms with Crippen LogP contribution < -0.4 is 10.1 Å². The predicted octanol–water partition coefficient (Wildman–Crippen LogP) is 2.22. The first-order chi connectivity index (χ1) is 9.21. The van der Waals surface area contributed by atoms with Gasteiger partial charge in [-0.3, -0.25) is 4.90 Å². The fourth-order valence-electron chi connectivity index (χ4n) is 1.79. The molecule has 1 aromatic carbocycles. The van der Waals surface area contributed by atoms with Gasteiger partial charge in [0.2, 0.25) is 5.13 Å². The van der Waals surface area contributed by atoms with Crippen LogP contribution >= 0.6 is 11.3 Å². The molecule has 5 nitrogen and oxygen atoms in total. The predicted molar refractivity (Wildman–Crippen MR) is 77.6 cm³/mol. The number of benzene rings is 1. The molecule has 102 valence electrons. The second kappa shape index (κ2) is 6.49. The molecule has 1 N–H and O–H groups in total. The Bertz CT molecular complexity index is 529. The lowest BCUT2D eigenvalue weighted by molar-refractivity contribution is 0.317. The van der Waals surface area contributed by atoms with Crippen molar-refractivity contribution in [2.24, 2.45) is 0 Å². The molecule has 0 amide bonds. The topological polar surface area (TPSA) is 50.3 Å². The zero-order chi connectivity index (χ0) is 13.7. The van der Waals surface area contributed by atoms with E-state index in [1.54, 1.807) is 18.4 Å². The average Bonchev–Trinajstić information content (AvgIpc) is 2.86. The van der Waals surface area contributed by atoms with Crippen molar-refractivity contribution >= 4 is 16.5 Å². The molecule has 1 heterocycles. The van der Waals surface area contributed by atoms with Crippen molar-refractivity contribution in [2.75, 3.05) is 26.5 Å². The second-order valence-corrected chi connectivity index (χ2v) is 5.34. The number of nitrogens with one attached hydrogen (secondary N) is 1. The molecule has 0 unspecified atom stereocenters. The summed E-state index contributed by atoms with van der Waals surface area (Å²) in [7, 11) is 5.60. The van der Waals surface area contributed by atoms with Crippen LogP contribution in [0.15, 0.2) is 24.3 Å². The van der Waals surface area contributed by atoms with Gasteiger partial charge in [0.1, 0.15) is 10.8 Å². The summed E-state index contributed by atoms with van der Waals surface area (Å²) < 4.78 is 5.23. The van der Waals surface area contributed by atoms with E-state index in [9.17, 15) is 0 Å². The second-order valence-electron chi connectivity index (χ2n) is 4.27. The standard InChI is InChI=1S/C13H18N4OS/c1-14-13-16-15-12(19-13)9-17(2)8-10-5-4-6-11(7-10)18-3/h4-7H,8-9H2,1-3H3,(H,14,16). The number of anilines is 1. The number of methoxy groups -OCH3 is 1. The van der Waals surface area contributed by atoms with Gasteiger partial charge in [-0.25, -0.2) is 0 Å². The van der Waals surface area contributed by atoms with Gasteiger partial charge in [-0.05, 0) is 24.7 Å². The Labute approximate surface area is 117 Å². The van der Waals surface area contributed by atoms with Crippen LogP contribution in [0.2, 0.25) is 0 Å². The first kappa shape index (κ1) is 13.8. The molecule has 0 atom stereocenters. The normalized spacial score (nSPS) is 10.7. The van der Waals surface area contributed by atoms with E-state index in [4.69, 9.17) is 4.74 Å². The van der Waals surface area contributed by atoms with E-state index in [2.05, 4.69) is 39.6 Å². The van der Waals surface area contributed by atoms with E-state index in [0.29, 0.717) is 0 Å². The van der Waals surface area contributed by atoms with E-state index in [-0.39, 0.29) is 0 Å². The van der Waals surface area contributed by atoms with Gasteiger partial charge in [0, 0.05) is 13.6 Å². The quantitative estimate of drug-likeness (QED) is 0.878. The summed E-state index contributed by atoms with van der Waals surface area (Å²) in [6.07, 6.45) is 0. The van der Waals surface area contributed by atoms with Gasteiger partial charge in [-0.2, -0.15) is 0 Å². The van der Waals surface area contributed by atoms with Crippen molar-refractivity contribution < 1.29 is 4.74 Å². The van der Waals surface area contributed by atoms with Crippen LogP contribution in [-0.4, -0.2) is 36.3 Å². The molecule has 2 rings (SSSR count). The van der Waals surface area contributed by atoms with Crippen LogP contribution in [0.5, 0.6) is 5.75 Å². The van der Waals surface area contributed by atoms with Crippen molar-refractivity contribution in [3.8, 4) is 5.75 Å². The molecule has 0 aliphatic carbocycles.